The molecule has 0 heterocycles. The van der Waals surface area contributed by atoms with E-state index in [1.165, 1.54) is 0 Å². The lowest BCUT2D eigenvalue weighted by Gasteiger charge is -2.07. The molecule has 2 unspecified atom stereocenters. The molecule has 0 radical (unpaired) electrons. The highest BCUT2D eigenvalue weighted by Gasteiger charge is 2.48. The molecule has 2 N–H and O–H groups in total. The zero-order valence-electron chi connectivity index (χ0n) is 5.48. The van der Waals surface area contributed by atoms with Gasteiger partial charge in [0, 0.05) is 12.6 Å². The van der Waals surface area contributed by atoms with E-state index < -0.39 is 0 Å². The summed E-state index contributed by atoms with van der Waals surface area (Å²) in [7, 11) is 0. The molecule has 0 saturated heterocycles. The Balaban J connectivity index is 2.25. The normalized spacial score (nSPS) is 44.6. The van der Waals surface area contributed by atoms with Crippen LogP contribution in [-0.4, -0.2) is 18.2 Å². The lowest BCUT2D eigenvalue weighted by atomic mass is 10.4. The summed E-state index contributed by atoms with van der Waals surface area (Å²) in [6.07, 6.45) is 1.03. The van der Waals surface area contributed by atoms with Crippen molar-refractivity contribution in [2.45, 2.75) is 31.9 Å². The summed E-state index contributed by atoms with van der Waals surface area (Å²) in [5, 5.41) is 0. The van der Waals surface area contributed by atoms with Crippen LogP contribution < -0.4 is 5.73 Å². The molecule has 2 heteroatoms. The standard InChI is InChI=1S/C6H13NO/c1-3-8-6(2)4-5(6)7/h5H,3-4,7H2,1-2H3. The van der Waals surface area contributed by atoms with Gasteiger partial charge in [0.25, 0.3) is 0 Å². The van der Waals surface area contributed by atoms with E-state index >= 15 is 0 Å². The van der Waals surface area contributed by atoms with Crippen LogP contribution in [0.5, 0.6) is 0 Å². The summed E-state index contributed by atoms with van der Waals surface area (Å²) in [6.45, 7) is 4.83. The van der Waals surface area contributed by atoms with Gasteiger partial charge in [-0.1, -0.05) is 0 Å². The average molecular weight is 115 g/mol. The molecule has 0 amide bonds. The van der Waals surface area contributed by atoms with Gasteiger partial charge in [0.15, 0.2) is 0 Å². The maximum Gasteiger partial charge on any atom is 0.0821 e. The van der Waals surface area contributed by atoms with E-state index in [4.69, 9.17) is 10.5 Å². The zero-order chi connectivity index (χ0) is 6.20. The number of nitrogens with two attached hydrogens (primary N) is 1. The molecule has 1 rings (SSSR count). The molecule has 2 nitrogen and oxygen atoms in total. The van der Waals surface area contributed by atoms with Gasteiger partial charge in [0.05, 0.1) is 5.60 Å². The Morgan fingerprint density at radius 1 is 1.88 bits per heavy atom. The fraction of sp³-hybridized carbons (Fsp3) is 1.00. The van der Waals surface area contributed by atoms with Gasteiger partial charge in [0.2, 0.25) is 0 Å². The summed E-state index contributed by atoms with van der Waals surface area (Å²) in [4.78, 5) is 0. The van der Waals surface area contributed by atoms with Gasteiger partial charge >= 0.3 is 0 Å². The Kier molecular flexibility index (Phi) is 1.29. The minimum Gasteiger partial charge on any atom is -0.374 e. The number of ether oxygens (including phenoxy) is 1. The highest BCUT2D eigenvalue weighted by atomic mass is 16.5. The molecule has 48 valence electrons. The minimum absolute atomic E-state index is 0.0365. The Hall–Kier alpha value is -0.0800. The highest BCUT2D eigenvalue weighted by molar-refractivity contribution is 5.05. The van der Waals surface area contributed by atoms with Crippen LogP contribution in [0.1, 0.15) is 20.3 Å². The molecular formula is C6H13NO. The van der Waals surface area contributed by atoms with E-state index in [1.54, 1.807) is 0 Å². The van der Waals surface area contributed by atoms with Gasteiger partial charge < -0.3 is 10.5 Å². The van der Waals surface area contributed by atoms with Crippen molar-refractivity contribution in [1.82, 2.24) is 0 Å². The summed E-state index contributed by atoms with van der Waals surface area (Å²) in [6, 6.07) is 0.294. The van der Waals surface area contributed by atoms with E-state index in [2.05, 4.69) is 6.92 Å². The topological polar surface area (TPSA) is 35.2 Å². The fourth-order valence-electron chi connectivity index (χ4n) is 0.873. The maximum absolute atomic E-state index is 5.56. The van der Waals surface area contributed by atoms with Gasteiger partial charge in [-0.25, -0.2) is 0 Å². The fourth-order valence-corrected chi connectivity index (χ4v) is 0.873. The molecule has 0 aromatic carbocycles. The van der Waals surface area contributed by atoms with E-state index in [9.17, 15) is 0 Å². The smallest absolute Gasteiger partial charge is 0.0821 e. The molecule has 0 aromatic rings. The monoisotopic (exact) mass is 115 g/mol. The Labute approximate surface area is 50.0 Å². The van der Waals surface area contributed by atoms with E-state index in [0.717, 1.165) is 13.0 Å². The van der Waals surface area contributed by atoms with E-state index in [1.807, 2.05) is 6.92 Å². The number of rotatable bonds is 2. The molecule has 0 aromatic heterocycles. The van der Waals surface area contributed by atoms with Crippen LogP contribution in [0.15, 0.2) is 0 Å². The molecule has 0 aliphatic heterocycles. The first kappa shape index (κ1) is 6.05. The van der Waals surface area contributed by atoms with Gasteiger partial charge in [-0.3, -0.25) is 0 Å². The largest absolute Gasteiger partial charge is 0.374 e. The van der Waals surface area contributed by atoms with Gasteiger partial charge in [-0.2, -0.15) is 0 Å². The van der Waals surface area contributed by atoms with Crippen molar-refractivity contribution < 1.29 is 4.74 Å². The third kappa shape index (κ3) is 0.858. The van der Waals surface area contributed by atoms with Crippen molar-refractivity contribution in [3.05, 3.63) is 0 Å². The number of hydrogen-bond donors (Lipinski definition) is 1. The number of hydrogen-bond acceptors (Lipinski definition) is 2. The second kappa shape index (κ2) is 1.71. The SMILES string of the molecule is CCOC1(C)CC1N. The van der Waals surface area contributed by atoms with Crippen molar-refractivity contribution in [3.63, 3.8) is 0 Å². The Bertz CT molecular complexity index is 94.5. The zero-order valence-corrected chi connectivity index (χ0v) is 5.48. The van der Waals surface area contributed by atoms with Crippen LogP contribution >= 0.6 is 0 Å². The van der Waals surface area contributed by atoms with Crippen molar-refractivity contribution in [2.75, 3.05) is 6.61 Å². The van der Waals surface area contributed by atoms with Crippen LogP contribution in [0.4, 0.5) is 0 Å². The summed E-state index contributed by atoms with van der Waals surface area (Å²) in [5.74, 6) is 0. The molecular weight excluding hydrogens is 102 g/mol. The quantitative estimate of drug-likeness (QED) is 0.569. The first-order valence-electron chi connectivity index (χ1n) is 3.08. The molecule has 1 aliphatic carbocycles. The Morgan fingerprint density at radius 2 is 2.38 bits per heavy atom. The van der Waals surface area contributed by atoms with Crippen LogP contribution in [0.2, 0.25) is 0 Å². The van der Waals surface area contributed by atoms with Crippen LogP contribution in [0.3, 0.4) is 0 Å². The molecule has 1 aliphatic rings. The van der Waals surface area contributed by atoms with Crippen molar-refractivity contribution in [3.8, 4) is 0 Å². The third-order valence-electron chi connectivity index (χ3n) is 1.72. The summed E-state index contributed by atoms with van der Waals surface area (Å²) in [5.41, 5.74) is 5.60. The predicted octanol–water partition coefficient (Wildman–Crippen LogP) is 0.513. The van der Waals surface area contributed by atoms with E-state index in [-0.39, 0.29) is 5.60 Å². The maximum atomic E-state index is 5.56. The van der Waals surface area contributed by atoms with Crippen LogP contribution in [0.25, 0.3) is 0 Å². The van der Waals surface area contributed by atoms with Gasteiger partial charge in [0.1, 0.15) is 0 Å². The predicted molar refractivity (Wildman–Crippen MR) is 32.6 cm³/mol. The van der Waals surface area contributed by atoms with Crippen LogP contribution in [-0.2, 0) is 4.74 Å². The van der Waals surface area contributed by atoms with Crippen molar-refractivity contribution in [2.24, 2.45) is 5.73 Å². The Morgan fingerprint density at radius 3 is 2.50 bits per heavy atom. The second-order valence-corrected chi connectivity index (χ2v) is 2.56. The summed E-state index contributed by atoms with van der Waals surface area (Å²) < 4.78 is 5.33. The first-order chi connectivity index (χ1) is 3.69. The lowest BCUT2D eigenvalue weighted by Crippen LogP contribution is -2.19. The van der Waals surface area contributed by atoms with Gasteiger partial charge in [-0.05, 0) is 20.3 Å². The molecule has 8 heavy (non-hydrogen) atoms. The molecule has 0 bridgehead atoms. The lowest BCUT2D eigenvalue weighted by molar-refractivity contribution is 0.0519. The average Bonchev–Trinajstić information content (AvgIpc) is 2.16. The molecule has 0 spiro atoms. The second-order valence-electron chi connectivity index (χ2n) is 2.56. The molecule has 1 fully saturated rings. The summed E-state index contributed by atoms with van der Waals surface area (Å²) >= 11 is 0. The minimum atomic E-state index is 0.0365. The molecule has 1 saturated carbocycles. The molecule has 2 atom stereocenters. The third-order valence-corrected chi connectivity index (χ3v) is 1.72. The van der Waals surface area contributed by atoms with E-state index in [0.29, 0.717) is 6.04 Å². The van der Waals surface area contributed by atoms with Crippen molar-refractivity contribution in [1.29, 1.82) is 0 Å². The first-order valence-corrected chi connectivity index (χ1v) is 3.08. The van der Waals surface area contributed by atoms with Crippen LogP contribution in [0, 0.1) is 0 Å². The van der Waals surface area contributed by atoms with Crippen molar-refractivity contribution >= 4 is 0 Å². The highest BCUT2D eigenvalue weighted by Crippen LogP contribution is 2.37. The van der Waals surface area contributed by atoms with Gasteiger partial charge in [-0.15, -0.1) is 0 Å².